The normalized spacial score (nSPS) is 6.17. The molecule has 0 saturated heterocycles. The molecule has 0 heterocycles. The van der Waals surface area contributed by atoms with Gasteiger partial charge in [-0.2, -0.15) is 0 Å². The molecule has 0 atom stereocenters. The summed E-state index contributed by atoms with van der Waals surface area (Å²) in [5, 5.41) is 0. The zero-order valence-electron chi connectivity index (χ0n) is 5.40. The second kappa shape index (κ2) is 9.20. The van der Waals surface area contributed by atoms with Gasteiger partial charge >= 0.3 is 29.6 Å². The van der Waals surface area contributed by atoms with Crippen LogP contribution in [0.5, 0.6) is 0 Å². The van der Waals surface area contributed by atoms with Crippen molar-refractivity contribution in [2.24, 2.45) is 0 Å². The van der Waals surface area contributed by atoms with Gasteiger partial charge in [0.1, 0.15) is 0 Å². The van der Waals surface area contributed by atoms with Crippen molar-refractivity contribution in [3.8, 4) is 0 Å². The zero-order valence-corrected chi connectivity index (χ0v) is 6.40. The minimum absolute atomic E-state index is 0. The van der Waals surface area contributed by atoms with Gasteiger partial charge in [0.05, 0.1) is 6.61 Å². The molecular weight excluding hydrogens is 87.0 g/mol. The first-order valence-electron chi connectivity index (χ1n) is 1.51. The van der Waals surface area contributed by atoms with Gasteiger partial charge in [-0.1, -0.05) is 6.08 Å². The molecular formula is C4H9NaO. The molecule has 0 amide bonds. The molecule has 0 aromatic carbocycles. The summed E-state index contributed by atoms with van der Waals surface area (Å²) in [6, 6.07) is 0. The number of hydrogen-bond acceptors (Lipinski definition) is 1. The SMILES string of the molecule is C=CCOC.[H-].[Na+]. The summed E-state index contributed by atoms with van der Waals surface area (Å²) in [5.41, 5.74) is 0. The summed E-state index contributed by atoms with van der Waals surface area (Å²) in [6.45, 7) is 4.08. The Bertz CT molecular complexity index is 32.9. The second-order valence-electron chi connectivity index (χ2n) is 0.744. The van der Waals surface area contributed by atoms with Gasteiger partial charge in [0, 0.05) is 7.11 Å². The first-order chi connectivity index (χ1) is 2.41. The Labute approximate surface area is 62.2 Å². The van der Waals surface area contributed by atoms with E-state index in [1.165, 1.54) is 0 Å². The molecule has 0 fully saturated rings. The smallest absolute Gasteiger partial charge is 1.00 e. The Balaban J connectivity index is -0.0000000800. The van der Waals surface area contributed by atoms with Crippen LogP contribution >= 0.6 is 0 Å². The number of ether oxygens (including phenoxy) is 1. The van der Waals surface area contributed by atoms with Gasteiger partial charge in [-0.3, -0.25) is 0 Å². The standard InChI is InChI=1S/C4H8O.Na.H/c1-3-4-5-2;;/h3H,1,4H2,2H3;;/q;+1;-1. The molecule has 0 saturated carbocycles. The first-order valence-corrected chi connectivity index (χ1v) is 1.51. The largest absolute Gasteiger partial charge is 1.00 e. The third-order valence-electron chi connectivity index (χ3n) is 0.285. The van der Waals surface area contributed by atoms with Crippen molar-refractivity contribution in [3.05, 3.63) is 12.7 Å². The summed E-state index contributed by atoms with van der Waals surface area (Å²) in [7, 11) is 1.64. The molecule has 32 valence electrons. The van der Waals surface area contributed by atoms with E-state index in [4.69, 9.17) is 0 Å². The van der Waals surface area contributed by atoms with Gasteiger partial charge in [-0.25, -0.2) is 0 Å². The number of rotatable bonds is 2. The maximum atomic E-state index is 4.57. The second-order valence-corrected chi connectivity index (χ2v) is 0.744. The Kier molecular flexibility index (Phi) is 15.1. The quantitative estimate of drug-likeness (QED) is 0.283. The van der Waals surface area contributed by atoms with Crippen LogP contribution in [-0.2, 0) is 4.74 Å². The topological polar surface area (TPSA) is 9.23 Å². The van der Waals surface area contributed by atoms with Crippen LogP contribution in [0.4, 0.5) is 0 Å². The predicted octanol–water partition coefficient (Wildman–Crippen LogP) is -2.06. The minimum atomic E-state index is 0. The van der Waals surface area contributed by atoms with Crippen molar-refractivity contribution < 1.29 is 35.7 Å². The van der Waals surface area contributed by atoms with Crippen LogP contribution in [0.1, 0.15) is 1.43 Å². The van der Waals surface area contributed by atoms with E-state index in [9.17, 15) is 0 Å². The predicted molar refractivity (Wildman–Crippen MR) is 23.2 cm³/mol. The Morgan fingerprint density at radius 2 is 2.50 bits per heavy atom. The fourth-order valence-corrected chi connectivity index (χ4v) is 0.118. The van der Waals surface area contributed by atoms with Crippen molar-refractivity contribution in [3.63, 3.8) is 0 Å². The van der Waals surface area contributed by atoms with E-state index in [1.807, 2.05) is 0 Å². The van der Waals surface area contributed by atoms with E-state index in [1.54, 1.807) is 13.2 Å². The summed E-state index contributed by atoms with van der Waals surface area (Å²) >= 11 is 0. The zero-order chi connectivity index (χ0) is 4.12. The van der Waals surface area contributed by atoms with Gasteiger partial charge in [0.15, 0.2) is 0 Å². The van der Waals surface area contributed by atoms with Crippen molar-refractivity contribution in [2.75, 3.05) is 13.7 Å². The van der Waals surface area contributed by atoms with Crippen molar-refractivity contribution in [1.29, 1.82) is 0 Å². The fraction of sp³-hybridized carbons (Fsp3) is 0.500. The number of hydrogen-bond donors (Lipinski definition) is 0. The molecule has 0 aromatic rings. The van der Waals surface area contributed by atoms with E-state index < -0.39 is 0 Å². The Morgan fingerprint density at radius 1 is 2.00 bits per heavy atom. The molecule has 0 N–H and O–H groups in total. The van der Waals surface area contributed by atoms with Crippen LogP contribution in [-0.4, -0.2) is 13.7 Å². The van der Waals surface area contributed by atoms with Crippen molar-refractivity contribution in [2.45, 2.75) is 0 Å². The molecule has 2 heteroatoms. The molecule has 0 aliphatic heterocycles. The van der Waals surface area contributed by atoms with Gasteiger partial charge in [0.25, 0.3) is 0 Å². The molecule has 0 rings (SSSR count). The molecule has 0 unspecified atom stereocenters. The van der Waals surface area contributed by atoms with Crippen LogP contribution in [0.15, 0.2) is 12.7 Å². The molecule has 6 heavy (non-hydrogen) atoms. The van der Waals surface area contributed by atoms with Gasteiger partial charge in [-0.15, -0.1) is 6.58 Å². The van der Waals surface area contributed by atoms with Gasteiger partial charge in [-0.05, 0) is 0 Å². The molecule has 1 nitrogen and oxygen atoms in total. The maximum absolute atomic E-state index is 4.57. The van der Waals surface area contributed by atoms with E-state index >= 15 is 0 Å². The molecule has 0 radical (unpaired) electrons. The minimum Gasteiger partial charge on any atom is -1.00 e. The summed E-state index contributed by atoms with van der Waals surface area (Å²) in [4.78, 5) is 0. The summed E-state index contributed by atoms with van der Waals surface area (Å²) < 4.78 is 4.57. The Morgan fingerprint density at radius 3 is 2.50 bits per heavy atom. The first kappa shape index (κ1) is 9.85. The molecule has 0 aromatic heterocycles. The van der Waals surface area contributed by atoms with Crippen LogP contribution in [0.3, 0.4) is 0 Å². The summed E-state index contributed by atoms with van der Waals surface area (Å²) in [6.07, 6.45) is 1.71. The fourth-order valence-electron chi connectivity index (χ4n) is 0.118. The van der Waals surface area contributed by atoms with E-state index in [0.29, 0.717) is 6.61 Å². The van der Waals surface area contributed by atoms with Gasteiger partial charge in [0.2, 0.25) is 0 Å². The molecule has 0 bridgehead atoms. The number of methoxy groups -OCH3 is 1. The van der Waals surface area contributed by atoms with E-state index in [-0.39, 0.29) is 31.0 Å². The van der Waals surface area contributed by atoms with Crippen LogP contribution in [0, 0.1) is 0 Å². The Hall–Kier alpha value is 0.700. The van der Waals surface area contributed by atoms with Crippen LogP contribution in [0.2, 0.25) is 0 Å². The van der Waals surface area contributed by atoms with Crippen molar-refractivity contribution in [1.82, 2.24) is 0 Å². The average Bonchev–Trinajstić information content (AvgIpc) is 1.41. The monoisotopic (exact) mass is 96.1 g/mol. The average molecular weight is 96.1 g/mol. The van der Waals surface area contributed by atoms with Crippen LogP contribution < -0.4 is 29.6 Å². The van der Waals surface area contributed by atoms with Crippen LogP contribution in [0.25, 0.3) is 0 Å². The summed E-state index contributed by atoms with van der Waals surface area (Å²) in [5.74, 6) is 0. The van der Waals surface area contributed by atoms with Crippen molar-refractivity contribution >= 4 is 0 Å². The molecule has 0 aliphatic carbocycles. The van der Waals surface area contributed by atoms with E-state index in [0.717, 1.165) is 0 Å². The van der Waals surface area contributed by atoms with E-state index in [2.05, 4.69) is 11.3 Å². The third kappa shape index (κ3) is 8.83. The molecule has 0 aliphatic rings. The molecule has 0 spiro atoms. The maximum Gasteiger partial charge on any atom is 1.00 e. The van der Waals surface area contributed by atoms with Gasteiger partial charge < -0.3 is 6.16 Å². The third-order valence-corrected chi connectivity index (χ3v) is 0.285.